The monoisotopic (exact) mass is 341 g/mol. The molecule has 0 aliphatic rings. The highest BCUT2D eigenvalue weighted by Crippen LogP contribution is 2.31. The minimum atomic E-state index is -4.47. The Bertz CT molecular complexity index is 698. The lowest BCUT2D eigenvalue weighted by atomic mass is 10.0. The Morgan fingerprint density at radius 3 is 2.75 bits per heavy atom. The molecule has 0 fully saturated rings. The van der Waals surface area contributed by atoms with E-state index >= 15 is 0 Å². The van der Waals surface area contributed by atoms with Crippen molar-refractivity contribution in [1.82, 2.24) is 15.1 Å². The van der Waals surface area contributed by atoms with Crippen molar-refractivity contribution in [3.8, 4) is 0 Å². The Morgan fingerprint density at radius 2 is 2.17 bits per heavy atom. The van der Waals surface area contributed by atoms with Gasteiger partial charge in [-0.15, -0.1) is 0 Å². The first-order valence-electron chi connectivity index (χ1n) is 7.46. The molecule has 0 spiro atoms. The molecule has 2 N–H and O–H groups in total. The van der Waals surface area contributed by atoms with Crippen LogP contribution in [-0.4, -0.2) is 27.4 Å². The molecule has 0 aliphatic heterocycles. The summed E-state index contributed by atoms with van der Waals surface area (Å²) in [7, 11) is 0. The van der Waals surface area contributed by atoms with E-state index < -0.39 is 23.7 Å². The highest BCUT2D eigenvalue weighted by molar-refractivity contribution is 5.93. The van der Waals surface area contributed by atoms with Crippen LogP contribution in [0.3, 0.4) is 0 Å². The molecule has 0 bridgehead atoms. The summed E-state index contributed by atoms with van der Waals surface area (Å²) in [5, 5.41) is 15.8. The number of aliphatic hydroxyl groups is 1. The molecule has 0 saturated heterocycles. The summed E-state index contributed by atoms with van der Waals surface area (Å²) in [6.07, 6.45) is -1.42. The second-order valence-corrected chi connectivity index (χ2v) is 5.25. The average Bonchev–Trinajstić information content (AvgIpc) is 3.03. The highest BCUT2D eigenvalue weighted by Gasteiger charge is 2.31. The van der Waals surface area contributed by atoms with Gasteiger partial charge >= 0.3 is 6.18 Å². The molecule has 1 heterocycles. The minimum Gasteiger partial charge on any atom is -0.396 e. The third-order valence-corrected chi connectivity index (χ3v) is 3.56. The molecule has 0 radical (unpaired) electrons. The van der Waals surface area contributed by atoms with Gasteiger partial charge in [0.25, 0.3) is 5.91 Å². The fourth-order valence-corrected chi connectivity index (χ4v) is 2.28. The molecule has 5 nitrogen and oxygen atoms in total. The molecular formula is C16H18F3N3O2. The molecule has 24 heavy (non-hydrogen) atoms. The third kappa shape index (κ3) is 4.35. The van der Waals surface area contributed by atoms with Crippen molar-refractivity contribution < 1.29 is 23.1 Å². The number of hydrogen-bond acceptors (Lipinski definition) is 3. The van der Waals surface area contributed by atoms with Gasteiger partial charge < -0.3 is 10.4 Å². The second-order valence-electron chi connectivity index (χ2n) is 5.25. The van der Waals surface area contributed by atoms with E-state index in [2.05, 4.69) is 10.4 Å². The topological polar surface area (TPSA) is 67.2 Å². The average molecular weight is 341 g/mol. The first kappa shape index (κ1) is 18.0. The Labute approximate surface area is 137 Å². The number of rotatable bonds is 6. The van der Waals surface area contributed by atoms with Crippen LogP contribution in [-0.2, 0) is 12.7 Å². The first-order valence-corrected chi connectivity index (χ1v) is 7.46. The minimum absolute atomic E-state index is 0.106. The van der Waals surface area contributed by atoms with Crippen LogP contribution in [0, 0.1) is 0 Å². The highest BCUT2D eigenvalue weighted by atomic mass is 19.4. The van der Waals surface area contributed by atoms with E-state index in [0.717, 1.165) is 12.1 Å². The van der Waals surface area contributed by atoms with Gasteiger partial charge in [0.15, 0.2) is 0 Å². The zero-order valence-electron chi connectivity index (χ0n) is 13.0. The normalized spacial score (nSPS) is 12.9. The predicted molar refractivity (Wildman–Crippen MR) is 81.3 cm³/mol. The quantitative estimate of drug-likeness (QED) is 0.849. The SMILES string of the molecule is CCn1cc(C(=O)NC(CCO)c2cccc(C(F)(F)F)c2)cn1. The zero-order chi connectivity index (χ0) is 17.7. The van der Waals surface area contributed by atoms with Gasteiger partial charge in [0.05, 0.1) is 23.4 Å². The van der Waals surface area contributed by atoms with E-state index in [9.17, 15) is 18.0 Å². The predicted octanol–water partition coefficient (Wildman–Crippen LogP) is 2.78. The summed E-state index contributed by atoms with van der Waals surface area (Å²) in [6.45, 7) is 2.20. The standard InChI is InChI=1S/C16H18F3N3O2/c1-2-22-10-12(9-20-22)15(24)21-14(6-7-23)11-4-3-5-13(8-11)16(17,18)19/h3-5,8-10,14,23H,2,6-7H2,1H3,(H,21,24). The largest absolute Gasteiger partial charge is 0.416 e. The number of aliphatic hydroxyl groups excluding tert-OH is 1. The van der Waals surface area contributed by atoms with E-state index in [4.69, 9.17) is 5.11 Å². The summed E-state index contributed by atoms with van der Waals surface area (Å²) >= 11 is 0. The van der Waals surface area contributed by atoms with Crippen molar-refractivity contribution in [3.63, 3.8) is 0 Å². The van der Waals surface area contributed by atoms with Gasteiger partial charge in [-0.05, 0) is 31.0 Å². The van der Waals surface area contributed by atoms with Crippen LogP contribution >= 0.6 is 0 Å². The second kappa shape index (κ2) is 7.48. The number of aryl methyl sites for hydroxylation is 1. The van der Waals surface area contributed by atoms with Crippen molar-refractivity contribution in [3.05, 3.63) is 53.3 Å². The molecule has 8 heteroatoms. The number of carbonyl (C=O) groups is 1. The van der Waals surface area contributed by atoms with Crippen molar-refractivity contribution in [2.24, 2.45) is 0 Å². The summed E-state index contributed by atoms with van der Waals surface area (Å²) in [4.78, 5) is 12.2. The van der Waals surface area contributed by atoms with Gasteiger partial charge in [-0.25, -0.2) is 0 Å². The van der Waals surface area contributed by atoms with Gasteiger partial charge in [0.1, 0.15) is 0 Å². The maximum absolute atomic E-state index is 12.8. The molecule has 1 unspecified atom stereocenters. The lowest BCUT2D eigenvalue weighted by Crippen LogP contribution is -2.29. The van der Waals surface area contributed by atoms with Gasteiger partial charge in [0.2, 0.25) is 0 Å². The number of alkyl halides is 3. The molecule has 1 amide bonds. The van der Waals surface area contributed by atoms with Crippen molar-refractivity contribution in [1.29, 1.82) is 0 Å². The van der Waals surface area contributed by atoms with Gasteiger partial charge in [-0.3, -0.25) is 9.48 Å². The molecule has 2 rings (SSSR count). The van der Waals surface area contributed by atoms with Crippen LogP contribution in [0.1, 0.15) is 40.9 Å². The number of benzene rings is 1. The number of amides is 1. The first-order chi connectivity index (χ1) is 11.3. The lowest BCUT2D eigenvalue weighted by Gasteiger charge is -2.19. The smallest absolute Gasteiger partial charge is 0.396 e. The number of nitrogens with zero attached hydrogens (tertiary/aromatic N) is 2. The third-order valence-electron chi connectivity index (χ3n) is 3.56. The zero-order valence-corrected chi connectivity index (χ0v) is 13.0. The maximum Gasteiger partial charge on any atom is 0.416 e. The number of hydrogen-bond donors (Lipinski definition) is 2. The van der Waals surface area contributed by atoms with Crippen LogP contribution in [0.25, 0.3) is 0 Å². The Kier molecular flexibility index (Phi) is 5.61. The van der Waals surface area contributed by atoms with Crippen LogP contribution in [0.4, 0.5) is 13.2 Å². The summed E-state index contributed by atoms with van der Waals surface area (Å²) in [6, 6.07) is 3.99. The number of aromatic nitrogens is 2. The summed E-state index contributed by atoms with van der Waals surface area (Å²) < 4.78 is 40.1. The van der Waals surface area contributed by atoms with Crippen molar-refractivity contribution in [2.75, 3.05) is 6.61 Å². The lowest BCUT2D eigenvalue weighted by molar-refractivity contribution is -0.137. The van der Waals surface area contributed by atoms with E-state index in [0.29, 0.717) is 12.1 Å². The van der Waals surface area contributed by atoms with Gasteiger partial charge in [0, 0.05) is 19.3 Å². The van der Waals surface area contributed by atoms with Gasteiger partial charge in [-0.2, -0.15) is 18.3 Å². The summed E-state index contributed by atoms with van der Waals surface area (Å²) in [5.41, 5.74) is -0.196. The van der Waals surface area contributed by atoms with Crippen molar-refractivity contribution in [2.45, 2.75) is 32.1 Å². The van der Waals surface area contributed by atoms with Crippen LogP contribution in [0.15, 0.2) is 36.7 Å². The Hall–Kier alpha value is -2.35. The molecule has 2 aromatic rings. The van der Waals surface area contributed by atoms with E-state index in [1.807, 2.05) is 6.92 Å². The molecule has 0 aliphatic carbocycles. The van der Waals surface area contributed by atoms with Gasteiger partial charge in [-0.1, -0.05) is 12.1 Å². The van der Waals surface area contributed by atoms with Crippen molar-refractivity contribution >= 4 is 5.91 Å². The number of nitrogens with one attached hydrogen (secondary N) is 1. The fraction of sp³-hybridized carbons (Fsp3) is 0.375. The maximum atomic E-state index is 12.8. The molecular weight excluding hydrogens is 323 g/mol. The molecule has 1 aromatic heterocycles. The van der Waals surface area contributed by atoms with Crippen LogP contribution in [0.5, 0.6) is 0 Å². The van der Waals surface area contributed by atoms with Crippen LogP contribution < -0.4 is 5.32 Å². The van der Waals surface area contributed by atoms with E-state index in [-0.39, 0.29) is 18.6 Å². The number of halogens is 3. The molecule has 1 aromatic carbocycles. The van der Waals surface area contributed by atoms with Crippen LogP contribution in [0.2, 0.25) is 0 Å². The molecule has 130 valence electrons. The van der Waals surface area contributed by atoms with E-state index in [1.165, 1.54) is 18.3 Å². The number of carbonyl (C=O) groups excluding carboxylic acids is 1. The Balaban J connectivity index is 2.21. The fourth-order valence-electron chi connectivity index (χ4n) is 2.28. The molecule has 0 saturated carbocycles. The summed E-state index contributed by atoms with van der Waals surface area (Å²) in [5.74, 6) is -0.453. The Morgan fingerprint density at radius 1 is 1.42 bits per heavy atom. The molecule has 1 atom stereocenters. The van der Waals surface area contributed by atoms with E-state index in [1.54, 1.807) is 10.9 Å².